The molecule has 1 heterocycles. The number of nitrogens with zero attached hydrogens (tertiary/aromatic N) is 1. The molecular formula is C16H22N2S. The highest BCUT2D eigenvalue weighted by Gasteiger charge is 2.10. The van der Waals surface area contributed by atoms with Gasteiger partial charge in [-0.25, -0.2) is 4.98 Å². The summed E-state index contributed by atoms with van der Waals surface area (Å²) in [5.41, 5.74) is 3.95. The molecule has 0 radical (unpaired) electrons. The van der Waals surface area contributed by atoms with Gasteiger partial charge in [0, 0.05) is 17.8 Å². The Kier molecular flexibility index (Phi) is 5.11. The summed E-state index contributed by atoms with van der Waals surface area (Å²) in [7, 11) is 2.00. The maximum atomic E-state index is 4.82. The third-order valence-corrected chi connectivity index (χ3v) is 4.18. The molecule has 1 N–H and O–H groups in total. The largest absolute Gasteiger partial charge is 0.315 e. The van der Waals surface area contributed by atoms with Crippen molar-refractivity contribution in [3.8, 4) is 0 Å². The molecule has 0 aliphatic carbocycles. The highest BCUT2D eigenvalue weighted by atomic mass is 32.1. The van der Waals surface area contributed by atoms with Crippen molar-refractivity contribution >= 4 is 11.3 Å². The lowest BCUT2D eigenvalue weighted by Crippen LogP contribution is -2.05. The van der Waals surface area contributed by atoms with Crippen molar-refractivity contribution < 1.29 is 0 Å². The lowest BCUT2D eigenvalue weighted by atomic mass is 10.1. The van der Waals surface area contributed by atoms with Crippen molar-refractivity contribution in [2.45, 2.75) is 39.7 Å². The lowest BCUT2D eigenvalue weighted by molar-refractivity contribution is 0.796. The molecule has 0 aliphatic heterocycles. The normalized spacial score (nSPS) is 10.9. The number of thiazole rings is 1. The van der Waals surface area contributed by atoms with Gasteiger partial charge >= 0.3 is 0 Å². The molecule has 1 aromatic carbocycles. The van der Waals surface area contributed by atoms with E-state index in [4.69, 9.17) is 4.98 Å². The molecule has 0 fully saturated rings. The fourth-order valence-corrected chi connectivity index (χ4v) is 3.40. The van der Waals surface area contributed by atoms with Crippen LogP contribution in [0.5, 0.6) is 0 Å². The Balaban J connectivity index is 2.18. The van der Waals surface area contributed by atoms with Gasteiger partial charge in [-0.05, 0) is 26.0 Å². The SMILES string of the molecule is CCCc1nc(Cc2cccc(C)c2)sc1CNC. The summed E-state index contributed by atoms with van der Waals surface area (Å²) < 4.78 is 0. The van der Waals surface area contributed by atoms with Crippen molar-refractivity contribution in [2.24, 2.45) is 0 Å². The van der Waals surface area contributed by atoms with Gasteiger partial charge in [0.2, 0.25) is 0 Å². The molecule has 0 bridgehead atoms. The molecule has 0 unspecified atom stereocenters. The quantitative estimate of drug-likeness (QED) is 0.868. The van der Waals surface area contributed by atoms with E-state index in [1.807, 2.05) is 18.4 Å². The standard InChI is InChI=1S/C16H22N2S/c1-4-6-14-15(11-17-3)19-16(18-14)10-13-8-5-7-12(2)9-13/h5,7-9,17H,4,6,10-11H2,1-3H3. The van der Waals surface area contributed by atoms with Crippen LogP contribution in [0.2, 0.25) is 0 Å². The van der Waals surface area contributed by atoms with E-state index in [0.717, 1.165) is 25.8 Å². The first-order valence-electron chi connectivity index (χ1n) is 6.90. The van der Waals surface area contributed by atoms with Crippen LogP contribution in [0.1, 0.15) is 40.1 Å². The Bertz CT molecular complexity index is 508. The summed E-state index contributed by atoms with van der Waals surface area (Å²) in [6.07, 6.45) is 3.19. The number of aromatic nitrogens is 1. The smallest absolute Gasteiger partial charge is 0.0975 e. The summed E-state index contributed by atoms with van der Waals surface area (Å²) in [4.78, 5) is 6.22. The predicted octanol–water partition coefficient (Wildman–Crippen LogP) is 3.71. The lowest BCUT2D eigenvalue weighted by Gasteiger charge is -1.99. The van der Waals surface area contributed by atoms with E-state index >= 15 is 0 Å². The van der Waals surface area contributed by atoms with E-state index in [-0.39, 0.29) is 0 Å². The van der Waals surface area contributed by atoms with E-state index in [1.165, 1.54) is 26.7 Å². The van der Waals surface area contributed by atoms with Crippen LogP contribution in [0, 0.1) is 6.92 Å². The zero-order valence-electron chi connectivity index (χ0n) is 12.0. The van der Waals surface area contributed by atoms with Crippen LogP contribution in [0.4, 0.5) is 0 Å². The summed E-state index contributed by atoms with van der Waals surface area (Å²) >= 11 is 1.85. The van der Waals surface area contributed by atoms with Crippen LogP contribution in [-0.4, -0.2) is 12.0 Å². The molecule has 0 spiro atoms. The van der Waals surface area contributed by atoms with Crippen molar-refractivity contribution in [3.05, 3.63) is 51.0 Å². The third kappa shape index (κ3) is 3.88. The molecule has 0 saturated carbocycles. The number of benzene rings is 1. The van der Waals surface area contributed by atoms with Crippen LogP contribution in [0.25, 0.3) is 0 Å². The van der Waals surface area contributed by atoms with Crippen molar-refractivity contribution in [3.63, 3.8) is 0 Å². The van der Waals surface area contributed by atoms with E-state index in [2.05, 4.69) is 43.4 Å². The van der Waals surface area contributed by atoms with Gasteiger partial charge < -0.3 is 5.32 Å². The molecule has 2 aromatic rings. The molecule has 102 valence electrons. The maximum Gasteiger partial charge on any atom is 0.0975 e. The monoisotopic (exact) mass is 274 g/mol. The van der Waals surface area contributed by atoms with Gasteiger partial charge in [0.05, 0.1) is 10.7 Å². The Hall–Kier alpha value is -1.19. The molecule has 1 aromatic heterocycles. The van der Waals surface area contributed by atoms with Gasteiger partial charge in [-0.3, -0.25) is 0 Å². The van der Waals surface area contributed by atoms with Gasteiger partial charge in [0.15, 0.2) is 0 Å². The minimum absolute atomic E-state index is 0.931. The summed E-state index contributed by atoms with van der Waals surface area (Å²) in [5, 5.41) is 4.47. The van der Waals surface area contributed by atoms with Crippen LogP contribution < -0.4 is 5.32 Å². The van der Waals surface area contributed by atoms with Gasteiger partial charge in [-0.1, -0.05) is 43.2 Å². The number of rotatable bonds is 6. The second-order valence-corrected chi connectivity index (χ2v) is 6.09. The number of hydrogen-bond donors (Lipinski definition) is 1. The Morgan fingerprint density at radius 1 is 1.32 bits per heavy atom. The van der Waals surface area contributed by atoms with Gasteiger partial charge in [0.1, 0.15) is 0 Å². The van der Waals surface area contributed by atoms with Crippen LogP contribution in [-0.2, 0) is 19.4 Å². The molecule has 2 rings (SSSR count). The van der Waals surface area contributed by atoms with Crippen LogP contribution >= 0.6 is 11.3 Å². The van der Waals surface area contributed by atoms with Crippen LogP contribution in [0.3, 0.4) is 0 Å². The van der Waals surface area contributed by atoms with E-state index in [1.54, 1.807) is 0 Å². The van der Waals surface area contributed by atoms with Crippen molar-refractivity contribution in [1.29, 1.82) is 0 Å². The zero-order valence-corrected chi connectivity index (χ0v) is 12.8. The highest BCUT2D eigenvalue weighted by Crippen LogP contribution is 2.22. The minimum Gasteiger partial charge on any atom is -0.315 e. The number of aryl methyl sites for hydroxylation is 2. The molecule has 19 heavy (non-hydrogen) atoms. The van der Waals surface area contributed by atoms with Crippen LogP contribution in [0.15, 0.2) is 24.3 Å². The maximum absolute atomic E-state index is 4.82. The second-order valence-electron chi connectivity index (χ2n) is 4.92. The van der Waals surface area contributed by atoms with E-state index in [0.29, 0.717) is 0 Å². The number of nitrogens with one attached hydrogen (secondary N) is 1. The Morgan fingerprint density at radius 2 is 2.16 bits per heavy atom. The zero-order chi connectivity index (χ0) is 13.7. The van der Waals surface area contributed by atoms with Gasteiger partial charge in [-0.2, -0.15) is 0 Å². The van der Waals surface area contributed by atoms with Gasteiger partial charge in [0.25, 0.3) is 0 Å². The van der Waals surface area contributed by atoms with E-state index in [9.17, 15) is 0 Å². The first-order chi connectivity index (χ1) is 9.22. The Labute approximate surface area is 119 Å². The first kappa shape index (κ1) is 14.2. The first-order valence-corrected chi connectivity index (χ1v) is 7.72. The molecule has 0 atom stereocenters. The molecule has 0 aliphatic rings. The molecule has 3 heteroatoms. The molecule has 0 saturated heterocycles. The summed E-state index contributed by atoms with van der Waals surface area (Å²) in [6.45, 7) is 5.28. The van der Waals surface area contributed by atoms with Gasteiger partial charge in [-0.15, -0.1) is 11.3 Å². The second kappa shape index (κ2) is 6.83. The summed E-state index contributed by atoms with van der Waals surface area (Å²) in [6, 6.07) is 8.70. The average molecular weight is 274 g/mol. The molecular weight excluding hydrogens is 252 g/mol. The van der Waals surface area contributed by atoms with E-state index < -0.39 is 0 Å². The Morgan fingerprint density at radius 3 is 2.84 bits per heavy atom. The fourth-order valence-electron chi connectivity index (χ4n) is 2.24. The fraction of sp³-hybridized carbons (Fsp3) is 0.438. The molecule has 0 amide bonds. The highest BCUT2D eigenvalue weighted by molar-refractivity contribution is 7.11. The summed E-state index contributed by atoms with van der Waals surface area (Å²) in [5.74, 6) is 0. The van der Waals surface area contributed by atoms with Crippen molar-refractivity contribution in [2.75, 3.05) is 7.05 Å². The van der Waals surface area contributed by atoms with Crippen molar-refractivity contribution in [1.82, 2.24) is 10.3 Å². The average Bonchev–Trinajstić information content (AvgIpc) is 2.72. The molecule has 2 nitrogen and oxygen atoms in total. The minimum atomic E-state index is 0.931. The topological polar surface area (TPSA) is 24.9 Å². The number of hydrogen-bond acceptors (Lipinski definition) is 3. The third-order valence-electron chi connectivity index (χ3n) is 3.08. The predicted molar refractivity (Wildman–Crippen MR) is 82.9 cm³/mol.